The minimum absolute atomic E-state index is 0.143. The third kappa shape index (κ3) is 4.73. The van der Waals surface area contributed by atoms with Crippen LogP contribution in [0.5, 0.6) is 0 Å². The van der Waals surface area contributed by atoms with E-state index in [9.17, 15) is 9.59 Å². The van der Waals surface area contributed by atoms with Gasteiger partial charge in [-0.25, -0.2) is 0 Å². The summed E-state index contributed by atoms with van der Waals surface area (Å²) in [4.78, 5) is 23.1. The number of hydrogen-bond acceptors (Lipinski definition) is 3. The zero-order valence-corrected chi connectivity index (χ0v) is 11.7. The maximum Gasteiger partial charge on any atom is 0.313 e. The number of carbonyl (C=O) groups excluding carboxylic acids is 2. The summed E-state index contributed by atoms with van der Waals surface area (Å²) in [5.74, 6) is -0.428. The lowest BCUT2D eigenvalue weighted by atomic mass is 9.87. The van der Waals surface area contributed by atoms with Gasteiger partial charge < -0.3 is 10.1 Å². The van der Waals surface area contributed by atoms with Crippen molar-refractivity contribution in [2.75, 3.05) is 6.54 Å². The number of benzene rings is 1. The number of amides is 1. The average molecular weight is 263 g/mol. The van der Waals surface area contributed by atoms with Gasteiger partial charge in [0.1, 0.15) is 6.61 Å². The minimum atomic E-state index is -0.680. The van der Waals surface area contributed by atoms with Crippen LogP contribution in [0.3, 0.4) is 0 Å². The van der Waals surface area contributed by atoms with Crippen molar-refractivity contribution in [2.24, 2.45) is 5.41 Å². The van der Waals surface area contributed by atoms with Gasteiger partial charge in [-0.05, 0) is 18.9 Å². The Morgan fingerprint density at radius 3 is 2.42 bits per heavy atom. The van der Waals surface area contributed by atoms with Crippen LogP contribution in [0.4, 0.5) is 0 Å². The molecule has 0 spiro atoms. The molecule has 0 radical (unpaired) electrons. The Balaban J connectivity index is 2.56. The number of carbonyl (C=O) groups is 2. The Morgan fingerprint density at radius 1 is 1.26 bits per heavy atom. The van der Waals surface area contributed by atoms with Gasteiger partial charge in [0, 0.05) is 13.5 Å². The lowest BCUT2D eigenvalue weighted by molar-refractivity contribution is -0.156. The second-order valence-corrected chi connectivity index (χ2v) is 4.89. The van der Waals surface area contributed by atoms with E-state index >= 15 is 0 Å². The number of nitrogens with one attached hydrogen (secondary N) is 1. The first kappa shape index (κ1) is 15.2. The molecule has 0 fully saturated rings. The van der Waals surface area contributed by atoms with E-state index in [0.717, 1.165) is 5.56 Å². The Kier molecular flexibility index (Phi) is 5.55. The Hall–Kier alpha value is -1.84. The summed E-state index contributed by atoms with van der Waals surface area (Å²) in [6, 6.07) is 9.53. The molecule has 1 aromatic carbocycles. The van der Waals surface area contributed by atoms with Gasteiger partial charge in [-0.3, -0.25) is 9.59 Å². The van der Waals surface area contributed by atoms with Gasteiger partial charge in [0.2, 0.25) is 5.91 Å². The molecular weight excluding hydrogens is 242 g/mol. The predicted octanol–water partition coefficient (Wildman–Crippen LogP) is 2.28. The fraction of sp³-hybridized carbons (Fsp3) is 0.467. The number of ether oxygens (including phenoxy) is 1. The molecule has 1 atom stereocenters. The molecular formula is C15H21NO3. The molecule has 0 aliphatic heterocycles. The molecule has 0 saturated carbocycles. The van der Waals surface area contributed by atoms with E-state index in [1.54, 1.807) is 6.92 Å². The van der Waals surface area contributed by atoms with E-state index in [1.165, 1.54) is 6.92 Å². The lowest BCUT2D eigenvalue weighted by Crippen LogP contribution is -2.40. The van der Waals surface area contributed by atoms with E-state index < -0.39 is 5.41 Å². The monoisotopic (exact) mass is 263 g/mol. The van der Waals surface area contributed by atoms with Crippen molar-refractivity contribution in [3.05, 3.63) is 35.9 Å². The van der Waals surface area contributed by atoms with Crippen LogP contribution in [0.2, 0.25) is 0 Å². The second-order valence-electron chi connectivity index (χ2n) is 4.89. The Labute approximate surface area is 114 Å². The van der Waals surface area contributed by atoms with Gasteiger partial charge >= 0.3 is 5.97 Å². The standard InChI is InChI=1S/C15H21NO3/c1-4-15(3,11-16-12(2)17)14(18)19-10-13-8-6-5-7-9-13/h5-9H,4,10-11H2,1-3H3,(H,16,17). The van der Waals surface area contributed by atoms with Crippen molar-refractivity contribution in [2.45, 2.75) is 33.8 Å². The van der Waals surface area contributed by atoms with Crippen molar-refractivity contribution in [1.29, 1.82) is 0 Å². The van der Waals surface area contributed by atoms with E-state index in [0.29, 0.717) is 13.0 Å². The molecule has 1 aromatic rings. The second kappa shape index (κ2) is 6.92. The molecule has 1 amide bonds. The highest BCUT2D eigenvalue weighted by Gasteiger charge is 2.33. The molecule has 4 heteroatoms. The van der Waals surface area contributed by atoms with E-state index in [4.69, 9.17) is 4.74 Å². The van der Waals surface area contributed by atoms with Crippen molar-refractivity contribution in [3.8, 4) is 0 Å². The van der Waals surface area contributed by atoms with Crippen LogP contribution >= 0.6 is 0 Å². The first-order chi connectivity index (χ1) is 8.98. The molecule has 19 heavy (non-hydrogen) atoms. The van der Waals surface area contributed by atoms with Gasteiger partial charge in [-0.15, -0.1) is 0 Å². The van der Waals surface area contributed by atoms with Crippen LogP contribution in [-0.4, -0.2) is 18.4 Å². The lowest BCUT2D eigenvalue weighted by Gasteiger charge is -2.25. The van der Waals surface area contributed by atoms with Crippen molar-refractivity contribution in [3.63, 3.8) is 0 Å². The summed E-state index contributed by atoms with van der Waals surface area (Å²) < 4.78 is 5.33. The van der Waals surface area contributed by atoms with Crippen LogP contribution in [0.1, 0.15) is 32.8 Å². The summed E-state index contributed by atoms with van der Waals surface area (Å²) in [5, 5.41) is 2.68. The SMILES string of the molecule is CCC(C)(CNC(C)=O)C(=O)OCc1ccccc1. The molecule has 0 aliphatic rings. The van der Waals surface area contributed by atoms with Gasteiger partial charge in [0.05, 0.1) is 5.41 Å². The Bertz CT molecular complexity index is 430. The number of esters is 1. The molecule has 0 aliphatic carbocycles. The van der Waals surface area contributed by atoms with Crippen LogP contribution in [0.25, 0.3) is 0 Å². The molecule has 0 aromatic heterocycles. The summed E-state index contributed by atoms with van der Waals surface area (Å²) in [7, 11) is 0. The first-order valence-electron chi connectivity index (χ1n) is 6.43. The number of rotatable bonds is 6. The largest absolute Gasteiger partial charge is 0.460 e. The van der Waals surface area contributed by atoms with Crippen molar-refractivity contribution in [1.82, 2.24) is 5.32 Å². The van der Waals surface area contributed by atoms with Gasteiger partial charge in [-0.2, -0.15) is 0 Å². The molecule has 1 rings (SSSR count). The van der Waals surface area contributed by atoms with Gasteiger partial charge in [-0.1, -0.05) is 37.3 Å². The molecule has 1 unspecified atom stereocenters. The average Bonchev–Trinajstić information content (AvgIpc) is 2.43. The van der Waals surface area contributed by atoms with Crippen LogP contribution in [0, 0.1) is 5.41 Å². The van der Waals surface area contributed by atoms with Gasteiger partial charge in [0.25, 0.3) is 0 Å². The summed E-state index contributed by atoms with van der Waals surface area (Å²) in [6.07, 6.45) is 0.612. The molecule has 4 nitrogen and oxygen atoms in total. The van der Waals surface area contributed by atoms with Crippen LogP contribution in [-0.2, 0) is 20.9 Å². The van der Waals surface area contributed by atoms with Crippen molar-refractivity contribution < 1.29 is 14.3 Å². The van der Waals surface area contributed by atoms with Crippen LogP contribution in [0.15, 0.2) is 30.3 Å². The summed E-state index contributed by atoms with van der Waals surface area (Å²) in [5.41, 5.74) is 0.273. The van der Waals surface area contributed by atoms with Crippen molar-refractivity contribution >= 4 is 11.9 Å². The molecule has 104 valence electrons. The molecule has 1 N–H and O–H groups in total. The van der Waals surface area contributed by atoms with E-state index in [2.05, 4.69) is 5.32 Å². The highest BCUT2D eigenvalue weighted by molar-refractivity contribution is 5.78. The highest BCUT2D eigenvalue weighted by Crippen LogP contribution is 2.22. The van der Waals surface area contributed by atoms with Gasteiger partial charge in [0.15, 0.2) is 0 Å². The smallest absolute Gasteiger partial charge is 0.313 e. The third-order valence-corrected chi connectivity index (χ3v) is 3.21. The normalized spacial score (nSPS) is 13.4. The minimum Gasteiger partial charge on any atom is -0.460 e. The summed E-state index contributed by atoms with van der Waals surface area (Å²) >= 11 is 0. The summed E-state index contributed by atoms with van der Waals surface area (Å²) in [6.45, 7) is 5.70. The van der Waals surface area contributed by atoms with Crippen LogP contribution < -0.4 is 5.32 Å². The molecule has 0 bridgehead atoms. The maximum atomic E-state index is 12.1. The quantitative estimate of drug-likeness (QED) is 0.801. The predicted molar refractivity (Wildman–Crippen MR) is 73.3 cm³/mol. The first-order valence-corrected chi connectivity index (χ1v) is 6.43. The fourth-order valence-electron chi connectivity index (χ4n) is 1.56. The fourth-order valence-corrected chi connectivity index (χ4v) is 1.56. The third-order valence-electron chi connectivity index (χ3n) is 3.21. The van der Waals surface area contributed by atoms with E-state index in [-0.39, 0.29) is 18.5 Å². The topological polar surface area (TPSA) is 55.4 Å². The zero-order chi connectivity index (χ0) is 14.3. The zero-order valence-electron chi connectivity index (χ0n) is 11.7. The molecule has 0 heterocycles. The van der Waals surface area contributed by atoms with E-state index in [1.807, 2.05) is 37.3 Å². The number of hydrogen-bond donors (Lipinski definition) is 1. The highest BCUT2D eigenvalue weighted by atomic mass is 16.5. The molecule has 0 saturated heterocycles. The Morgan fingerprint density at radius 2 is 1.89 bits per heavy atom. The maximum absolute atomic E-state index is 12.1.